The van der Waals surface area contributed by atoms with E-state index < -0.39 is 0 Å². The Bertz CT molecular complexity index is 1080. The number of anilines is 1. The fourth-order valence-electron chi connectivity index (χ4n) is 4.20. The van der Waals surface area contributed by atoms with Gasteiger partial charge in [0.15, 0.2) is 0 Å². The zero-order chi connectivity index (χ0) is 24.3. The van der Waals surface area contributed by atoms with Crippen LogP contribution in [0.1, 0.15) is 66.7 Å². The average molecular weight is 463 g/mol. The number of aromatic nitrogens is 1. The molecule has 3 rings (SSSR count). The minimum atomic E-state index is -0.223. The fraction of sp³-hybridized carbons (Fsp3) is 0.429. The maximum atomic E-state index is 13.1. The molecule has 2 aromatic carbocycles. The molecular weight excluding hydrogens is 424 g/mol. The van der Waals surface area contributed by atoms with Crippen LogP contribution in [-0.4, -0.2) is 47.5 Å². The summed E-state index contributed by atoms with van der Waals surface area (Å²) >= 11 is 0. The first kappa shape index (κ1) is 25.5. The van der Waals surface area contributed by atoms with E-state index in [9.17, 15) is 9.59 Å². The van der Waals surface area contributed by atoms with Crippen molar-refractivity contribution in [2.75, 3.05) is 31.5 Å². The first-order chi connectivity index (χ1) is 16.5. The van der Waals surface area contributed by atoms with Crippen molar-refractivity contribution in [2.45, 2.75) is 46.0 Å². The number of para-hydroxylation sites is 2. The Morgan fingerprint density at radius 2 is 1.47 bits per heavy atom. The van der Waals surface area contributed by atoms with Gasteiger partial charge in [-0.2, -0.15) is 0 Å². The van der Waals surface area contributed by atoms with E-state index in [0.717, 1.165) is 37.0 Å². The molecule has 6 heteroatoms. The minimum Gasteiger partial charge on any atom is -0.352 e. The summed E-state index contributed by atoms with van der Waals surface area (Å²) in [6.07, 6.45) is 7.54. The van der Waals surface area contributed by atoms with Gasteiger partial charge in [-0.25, -0.2) is 0 Å². The average Bonchev–Trinajstić information content (AvgIpc) is 3.20. The largest absolute Gasteiger partial charge is 0.352 e. The maximum Gasteiger partial charge on any atom is 0.257 e. The van der Waals surface area contributed by atoms with Gasteiger partial charge in [-0.15, -0.1) is 0 Å². The topological polar surface area (TPSA) is 66.4 Å². The summed E-state index contributed by atoms with van der Waals surface area (Å²) in [7, 11) is 1.92. The number of amides is 2. The van der Waals surface area contributed by atoms with E-state index in [4.69, 9.17) is 0 Å². The molecule has 6 nitrogen and oxygen atoms in total. The minimum absolute atomic E-state index is 0.164. The lowest BCUT2D eigenvalue weighted by molar-refractivity contribution is 0.0952. The van der Waals surface area contributed by atoms with Crippen LogP contribution in [0.25, 0.3) is 10.9 Å². The van der Waals surface area contributed by atoms with E-state index in [2.05, 4.69) is 29.4 Å². The van der Waals surface area contributed by atoms with Crippen LogP contribution in [0.4, 0.5) is 5.69 Å². The van der Waals surface area contributed by atoms with Crippen LogP contribution in [0, 0.1) is 0 Å². The summed E-state index contributed by atoms with van der Waals surface area (Å²) in [5.41, 5.74) is 2.58. The third kappa shape index (κ3) is 6.70. The highest BCUT2D eigenvalue weighted by atomic mass is 16.2. The Morgan fingerprint density at radius 1 is 0.824 bits per heavy atom. The highest BCUT2D eigenvalue weighted by Crippen LogP contribution is 2.23. The van der Waals surface area contributed by atoms with E-state index in [1.807, 2.05) is 54.2 Å². The molecule has 0 bridgehead atoms. The number of carbonyl (C=O) groups excluding carboxylic acids is 2. The SMILES string of the molecule is CCCCN(CCCC)CCCNC(=O)c1ccccc1NC(=O)c1cn(C)c2ccccc12. The lowest BCUT2D eigenvalue weighted by atomic mass is 10.1. The van der Waals surface area contributed by atoms with Crippen LogP contribution in [0.5, 0.6) is 0 Å². The number of rotatable bonds is 13. The van der Waals surface area contributed by atoms with Crippen molar-refractivity contribution in [3.05, 3.63) is 65.9 Å². The van der Waals surface area contributed by atoms with Crippen LogP contribution < -0.4 is 10.6 Å². The number of nitrogens with one attached hydrogen (secondary N) is 2. The monoisotopic (exact) mass is 462 g/mol. The summed E-state index contributed by atoms with van der Waals surface area (Å²) in [5.74, 6) is -0.387. The molecule has 0 saturated heterocycles. The summed E-state index contributed by atoms with van der Waals surface area (Å²) in [4.78, 5) is 28.5. The van der Waals surface area contributed by atoms with Crippen molar-refractivity contribution >= 4 is 28.4 Å². The molecule has 2 amide bonds. The normalized spacial score (nSPS) is 11.2. The van der Waals surface area contributed by atoms with Crippen LogP contribution >= 0.6 is 0 Å². The molecule has 3 aromatic rings. The molecule has 1 aromatic heterocycles. The van der Waals surface area contributed by atoms with Crippen LogP contribution in [-0.2, 0) is 7.05 Å². The van der Waals surface area contributed by atoms with Crippen LogP contribution in [0.15, 0.2) is 54.7 Å². The number of hydrogen-bond donors (Lipinski definition) is 2. The van der Waals surface area contributed by atoms with E-state index in [0.29, 0.717) is 23.4 Å². The van der Waals surface area contributed by atoms with Crippen molar-refractivity contribution in [3.63, 3.8) is 0 Å². The van der Waals surface area contributed by atoms with E-state index >= 15 is 0 Å². The molecule has 0 fully saturated rings. The van der Waals surface area contributed by atoms with Gasteiger partial charge in [0, 0.05) is 30.7 Å². The number of unbranched alkanes of at least 4 members (excludes halogenated alkanes) is 2. The van der Waals surface area contributed by atoms with Gasteiger partial charge in [-0.05, 0) is 57.1 Å². The first-order valence-corrected chi connectivity index (χ1v) is 12.5. The molecule has 1 heterocycles. The Morgan fingerprint density at radius 3 is 2.21 bits per heavy atom. The van der Waals surface area contributed by atoms with Gasteiger partial charge in [0.05, 0.1) is 16.8 Å². The van der Waals surface area contributed by atoms with E-state index in [1.54, 1.807) is 12.1 Å². The third-order valence-corrected chi connectivity index (χ3v) is 6.15. The fourth-order valence-corrected chi connectivity index (χ4v) is 4.20. The van der Waals surface area contributed by atoms with Crippen molar-refractivity contribution in [2.24, 2.45) is 7.05 Å². The molecule has 0 aliphatic carbocycles. The highest BCUT2D eigenvalue weighted by Gasteiger charge is 2.17. The summed E-state index contributed by atoms with van der Waals surface area (Å²) < 4.78 is 1.94. The predicted molar refractivity (Wildman–Crippen MR) is 141 cm³/mol. The van der Waals surface area contributed by atoms with Crippen molar-refractivity contribution in [1.82, 2.24) is 14.8 Å². The Kier molecular flexibility index (Phi) is 9.71. The quantitative estimate of drug-likeness (QED) is 0.332. The van der Waals surface area contributed by atoms with E-state index in [-0.39, 0.29) is 11.8 Å². The molecule has 34 heavy (non-hydrogen) atoms. The standard InChI is InChI=1S/C28H38N4O2/c1-4-6-18-32(19-7-5-2)20-12-17-29-27(33)23-14-8-10-15-25(23)30-28(34)24-21-31(3)26-16-11-9-13-22(24)26/h8-11,13-16,21H,4-7,12,17-20H2,1-3H3,(H,29,33)(H,30,34). The van der Waals surface area contributed by atoms with Gasteiger partial charge >= 0.3 is 0 Å². The molecule has 0 aliphatic heterocycles. The molecular formula is C28H38N4O2. The number of hydrogen-bond acceptors (Lipinski definition) is 3. The molecule has 0 radical (unpaired) electrons. The highest BCUT2D eigenvalue weighted by molar-refractivity contribution is 6.14. The van der Waals surface area contributed by atoms with Gasteiger partial charge < -0.3 is 20.1 Å². The van der Waals surface area contributed by atoms with Crippen molar-refractivity contribution < 1.29 is 9.59 Å². The zero-order valence-electron chi connectivity index (χ0n) is 20.8. The van der Waals surface area contributed by atoms with Gasteiger partial charge in [0.2, 0.25) is 0 Å². The van der Waals surface area contributed by atoms with Crippen LogP contribution in [0.2, 0.25) is 0 Å². The molecule has 182 valence electrons. The second-order valence-corrected chi connectivity index (χ2v) is 8.83. The number of benzene rings is 2. The predicted octanol–water partition coefficient (Wildman–Crippen LogP) is 5.45. The Hall–Kier alpha value is -3.12. The number of fused-ring (bicyclic) bond motifs is 1. The summed E-state index contributed by atoms with van der Waals surface area (Å²) in [5, 5.41) is 6.87. The maximum absolute atomic E-state index is 13.1. The van der Waals surface area contributed by atoms with Gasteiger partial charge in [0.1, 0.15) is 0 Å². The Labute approximate surface area is 203 Å². The lowest BCUT2D eigenvalue weighted by Crippen LogP contribution is -2.31. The molecule has 0 spiro atoms. The smallest absolute Gasteiger partial charge is 0.257 e. The van der Waals surface area contributed by atoms with E-state index in [1.165, 1.54) is 25.7 Å². The summed E-state index contributed by atoms with van der Waals surface area (Å²) in [6.45, 7) is 8.27. The van der Waals surface area contributed by atoms with Gasteiger partial charge in [-0.1, -0.05) is 57.0 Å². The molecule has 0 aliphatic rings. The molecule has 0 atom stereocenters. The number of carbonyl (C=O) groups is 2. The summed E-state index contributed by atoms with van der Waals surface area (Å²) in [6, 6.07) is 15.0. The number of nitrogens with zero attached hydrogens (tertiary/aromatic N) is 2. The third-order valence-electron chi connectivity index (χ3n) is 6.15. The van der Waals surface area contributed by atoms with Gasteiger partial charge in [-0.3, -0.25) is 9.59 Å². The molecule has 2 N–H and O–H groups in total. The van der Waals surface area contributed by atoms with Gasteiger partial charge in [0.25, 0.3) is 11.8 Å². The Balaban J connectivity index is 1.60. The molecule has 0 saturated carbocycles. The van der Waals surface area contributed by atoms with Crippen molar-refractivity contribution in [3.8, 4) is 0 Å². The first-order valence-electron chi connectivity index (χ1n) is 12.5. The lowest BCUT2D eigenvalue weighted by Gasteiger charge is -2.22. The second kappa shape index (κ2) is 12.9. The van der Waals surface area contributed by atoms with Crippen LogP contribution in [0.3, 0.4) is 0 Å². The number of aryl methyl sites for hydroxylation is 1. The van der Waals surface area contributed by atoms with Crippen molar-refractivity contribution in [1.29, 1.82) is 0 Å². The second-order valence-electron chi connectivity index (χ2n) is 8.83. The molecule has 0 unspecified atom stereocenters. The zero-order valence-corrected chi connectivity index (χ0v) is 20.8.